The van der Waals surface area contributed by atoms with Gasteiger partial charge in [0, 0.05) is 22.4 Å². The first kappa shape index (κ1) is 28.4. The number of unbranched alkanes of at least 4 members (excludes halogenated alkanes) is 1. The molecule has 0 saturated heterocycles. The Labute approximate surface area is 234 Å². The van der Waals surface area contributed by atoms with Crippen LogP contribution in [0.1, 0.15) is 78.7 Å². The fourth-order valence-corrected chi connectivity index (χ4v) is 7.31. The number of phenols is 1. The van der Waals surface area contributed by atoms with Crippen molar-refractivity contribution in [3.8, 4) is 5.75 Å². The molecule has 0 saturated carbocycles. The fourth-order valence-electron chi connectivity index (χ4n) is 5.15. The van der Waals surface area contributed by atoms with Crippen molar-refractivity contribution in [3.63, 3.8) is 0 Å². The molecule has 1 nitrogen and oxygen atoms in total. The van der Waals surface area contributed by atoms with Crippen molar-refractivity contribution in [1.82, 2.24) is 0 Å². The van der Waals surface area contributed by atoms with E-state index in [9.17, 15) is 9.50 Å². The molecular weight excluding hydrogens is 506 g/mol. The van der Waals surface area contributed by atoms with Crippen LogP contribution in [0.5, 0.6) is 5.75 Å². The largest absolute Gasteiger partial charge is 0.507 e. The predicted molar refractivity (Wildman–Crippen MR) is 165 cm³/mol. The second-order valence-electron chi connectivity index (χ2n) is 10.4. The zero-order valence-corrected chi connectivity index (χ0v) is 24.4. The molecule has 0 fully saturated rings. The summed E-state index contributed by atoms with van der Waals surface area (Å²) in [6.45, 7) is 6.46. The molecule has 38 heavy (non-hydrogen) atoms. The standard InChI is InChI=1S/C34H38FOPS/c1-4-5-18-34(3,37-32-17-16-29(35)23-30(32)24(2)38)31-22-27(19-25-12-8-6-9-13-25)21-28(33(31)36)20-26-14-10-7-11-15-26/h6-17,21-24,36-38H,4-5,18-20H2,1-3H3. The van der Waals surface area contributed by atoms with Gasteiger partial charge in [-0.3, -0.25) is 0 Å². The molecule has 4 heteroatoms. The van der Waals surface area contributed by atoms with E-state index in [0.29, 0.717) is 20.8 Å². The SMILES string of the molecule is CCCCC(C)(Pc1ccc(F)cc1C(C)S)c1cc(Cc2ccccc2)cc(Cc2ccccc2)c1O. The molecule has 198 valence electrons. The highest BCUT2D eigenvalue weighted by Crippen LogP contribution is 2.50. The van der Waals surface area contributed by atoms with Crippen LogP contribution in [-0.4, -0.2) is 5.11 Å². The summed E-state index contributed by atoms with van der Waals surface area (Å²) >= 11 is 4.66. The number of halogens is 1. The van der Waals surface area contributed by atoms with Crippen LogP contribution >= 0.6 is 21.2 Å². The van der Waals surface area contributed by atoms with E-state index in [2.05, 4.69) is 75.0 Å². The molecular formula is C34H38FOPS. The molecule has 0 amide bonds. The van der Waals surface area contributed by atoms with Crippen LogP contribution in [0.3, 0.4) is 0 Å². The lowest BCUT2D eigenvalue weighted by Crippen LogP contribution is -2.22. The number of rotatable bonds is 11. The Kier molecular flexibility index (Phi) is 9.69. The van der Waals surface area contributed by atoms with Gasteiger partial charge in [-0.2, -0.15) is 12.6 Å². The molecule has 0 spiro atoms. The summed E-state index contributed by atoms with van der Waals surface area (Å²) in [4.78, 5) is 0. The number of hydrogen-bond acceptors (Lipinski definition) is 2. The number of aromatic hydroxyl groups is 1. The maximum atomic E-state index is 14.2. The molecule has 0 aliphatic heterocycles. The van der Waals surface area contributed by atoms with Gasteiger partial charge in [0.15, 0.2) is 0 Å². The maximum Gasteiger partial charge on any atom is 0.123 e. The van der Waals surface area contributed by atoms with Crippen LogP contribution in [0.2, 0.25) is 0 Å². The van der Waals surface area contributed by atoms with Crippen molar-refractivity contribution in [2.45, 2.75) is 63.3 Å². The van der Waals surface area contributed by atoms with Gasteiger partial charge in [-0.15, -0.1) is 0 Å². The molecule has 0 bridgehead atoms. The molecule has 4 aromatic carbocycles. The average molecular weight is 545 g/mol. The minimum absolute atomic E-state index is 0.0738. The first-order valence-corrected chi connectivity index (χ1v) is 15.0. The van der Waals surface area contributed by atoms with Gasteiger partial charge in [0.25, 0.3) is 0 Å². The highest BCUT2D eigenvalue weighted by molar-refractivity contribution is 7.80. The predicted octanol–water partition coefficient (Wildman–Crippen LogP) is 9.11. The number of hydrogen-bond donors (Lipinski definition) is 2. The number of benzene rings is 4. The van der Waals surface area contributed by atoms with Gasteiger partial charge in [0.1, 0.15) is 11.6 Å². The molecule has 1 N–H and O–H groups in total. The van der Waals surface area contributed by atoms with E-state index in [1.807, 2.05) is 37.3 Å². The minimum atomic E-state index is -0.298. The first-order valence-electron chi connectivity index (χ1n) is 13.5. The molecule has 0 aliphatic rings. The minimum Gasteiger partial charge on any atom is -0.507 e. The Hall–Kier alpha value is -2.61. The second kappa shape index (κ2) is 13.0. The average Bonchev–Trinajstić information content (AvgIpc) is 2.91. The lowest BCUT2D eigenvalue weighted by molar-refractivity contribution is 0.445. The monoisotopic (exact) mass is 544 g/mol. The van der Waals surface area contributed by atoms with E-state index in [4.69, 9.17) is 0 Å². The quantitative estimate of drug-likeness (QED) is 0.143. The third-order valence-electron chi connectivity index (χ3n) is 7.24. The van der Waals surface area contributed by atoms with E-state index in [1.54, 1.807) is 12.1 Å². The van der Waals surface area contributed by atoms with Crippen LogP contribution in [0.15, 0.2) is 91.0 Å². The summed E-state index contributed by atoms with van der Waals surface area (Å²) < 4.78 is 14.2. The zero-order chi connectivity index (χ0) is 27.1. The number of phenolic OH excluding ortho intramolecular Hbond substituents is 1. The van der Waals surface area contributed by atoms with Crippen LogP contribution in [0.4, 0.5) is 4.39 Å². The lowest BCUT2D eigenvalue weighted by atomic mass is 9.87. The van der Waals surface area contributed by atoms with Gasteiger partial charge < -0.3 is 5.11 Å². The molecule has 3 unspecified atom stereocenters. The van der Waals surface area contributed by atoms with E-state index in [1.165, 1.54) is 16.7 Å². The summed E-state index contributed by atoms with van der Waals surface area (Å²) in [6.07, 6.45) is 4.53. The van der Waals surface area contributed by atoms with Crippen molar-refractivity contribution >= 4 is 26.5 Å². The molecule has 0 heterocycles. The van der Waals surface area contributed by atoms with Crippen LogP contribution in [0, 0.1) is 5.82 Å². The fraction of sp³-hybridized carbons (Fsp3) is 0.294. The lowest BCUT2D eigenvalue weighted by Gasteiger charge is -2.33. The Morgan fingerprint density at radius 2 is 1.50 bits per heavy atom. The summed E-state index contributed by atoms with van der Waals surface area (Å²) in [5.41, 5.74) is 6.49. The van der Waals surface area contributed by atoms with Crippen LogP contribution in [0.25, 0.3) is 0 Å². The van der Waals surface area contributed by atoms with Gasteiger partial charge >= 0.3 is 0 Å². The van der Waals surface area contributed by atoms with E-state index >= 15 is 0 Å². The Morgan fingerprint density at radius 1 is 0.868 bits per heavy atom. The Balaban J connectivity index is 1.84. The van der Waals surface area contributed by atoms with Crippen molar-refractivity contribution in [1.29, 1.82) is 0 Å². The Morgan fingerprint density at radius 3 is 2.11 bits per heavy atom. The first-order chi connectivity index (χ1) is 18.3. The summed E-state index contributed by atoms with van der Waals surface area (Å²) in [5.74, 6) is 0.155. The topological polar surface area (TPSA) is 20.2 Å². The highest BCUT2D eigenvalue weighted by atomic mass is 32.1. The van der Waals surface area contributed by atoms with E-state index in [0.717, 1.165) is 47.7 Å². The third-order valence-corrected chi connectivity index (χ3v) is 9.31. The van der Waals surface area contributed by atoms with Gasteiger partial charge in [-0.05, 0) is 65.0 Å². The zero-order valence-electron chi connectivity index (χ0n) is 22.5. The molecule has 0 aliphatic carbocycles. The van der Waals surface area contributed by atoms with Gasteiger partial charge in [-0.1, -0.05) is 114 Å². The molecule has 0 radical (unpaired) electrons. The van der Waals surface area contributed by atoms with Crippen molar-refractivity contribution in [3.05, 3.63) is 130 Å². The Bertz CT molecular complexity index is 1340. The van der Waals surface area contributed by atoms with Crippen LogP contribution in [-0.2, 0) is 18.0 Å². The molecule has 0 aromatic heterocycles. The molecule has 4 aromatic rings. The number of thiol groups is 1. The summed E-state index contributed by atoms with van der Waals surface area (Å²) in [6, 6.07) is 30.3. The second-order valence-corrected chi connectivity index (χ2v) is 13.1. The summed E-state index contributed by atoms with van der Waals surface area (Å²) in [5, 5.41) is 12.5. The van der Waals surface area contributed by atoms with Crippen molar-refractivity contribution in [2.24, 2.45) is 0 Å². The third kappa shape index (κ3) is 7.07. The maximum absolute atomic E-state index is 14.2. The summed E-state index contributed by atoms with van der Waals surface area (Å²) in [7, 11) is 0.373. The highest BCUT2D eigenvalue weighted by Gasteiger charge is 2.32. The van der Waals surface area contributed by atoms with E-state index < -0.39 is 0 Å². The van der Waals surface area contributed by atoms with Gasteiger partial charge in [-0.25, -0.2) is 4.39 Å². The van der Waals surface area contributed by atoms with E-state index in [-0.39, 0.29) is 16.2 Å². The smallest absolute Gasteiger partial charge is 0.123 e. The molecule has 3 atom stereocenters. The van der Waals surface area contributed by atoms with Crippen molar-refractivity contribution < 1.29 is 9.50 Å². The van der Waals surface area contributed by atoms with Crippen molar-refractivity contribution in [2.75, 3.05) is 0 Å². The molecule has 4 rings (SSSR count). The van der Waals surface area contributed by atoms with Crippen LogP contribution < -0.4 is 5.30 Å². The normalized spacial score (nSPS) is 14.0. The van der Waals surface area contributed by atoms with Gasteiger partial charge in [0.05, 0.1) is 0 Å². The van der Waals surface area contributed by atoms with Gasteiger partial charge in [0.2, 0.25) is 0 Å².